The Morgan fingerprint density at radius 3 is 2.83 bits per heavy atom. The molecule has 0 spiro atoms. The molecule has 1 aliphatic rings. The molecule has 0 aromatic carbocycles. The van der Waals surface area contributed by atoms with Crippen LogP contribution in [0.4, 0.5) is 13.2 Å². The van der Waals surface area contributed by atoms with Crippen molar-refractivity contribution in [3.05, 3.63) is 40.0 Å². The number of hydrogen-bond donors (Lipinski definition) is 1. The molecule has 3 aromatic heterocycles. The van der Waals surface area contributed by atoms with Gasteiger partial charge in [-0.2, -0.15) is 0 Å². The smallest absolute Gasteiger partial charge is 0.297 e. The van der Waals surface area contributed by atoms with Crippen molar-refractivity contribution in [1.82, 2.24) is 20.3 Å². The van der Waals surface area contributed by atoms with E-state index in [-0.39, 0.29) is 35.3 Å². The second-order valence-corrected chi connectivity index (χ2v) is 8.43. The van der Waals surface area contributed by atoms with Crippen LogP contribution < -0.4 is 10.1 Å². The third-order valence-corrected chi connectivity index (χ3v) is 6.71. The van der Waals surface area contributed by atoms with Crippen molar-refractivity contribution in [2.75, 3.05) is 26.0 Å². The number of thiophene rings is 1. The lowest BCUT2D eigenvalue weighted by molar-refractivity contribution is 0.0934. The molecule has 0 saturated carbocycles. The normalized spacial score (nSPS) is 15.5. The molecule has 0 aliphatic carbocycles. The fourth-order valence-corrected chi connectivity index (χ4v) is 4.75. The summed E-state index contributed by atoms with van der Waals surface area (Å²) in [6.07, 6.45) is -1.49. The summed E-state index contributed by atoms with van der Waals surface area (Å²) in [5.41, 5.74) is -1.32. The van der Waals surface area contributed by atoms with Crippen LogP contribution in [0.3, 0.4) is 0 Å². The van der Waals surface area contributed by atoms with Crippen LogP contribution in [-0.2, 0) is 5.67 Å². The molecule has 1 N–H and O–H groups in total. The molecule has 1 aliphatic heterocycles. The lowest BCUT2D eigenvalue weighted by Gasteiger charge is -2.33. The maximum absolute atomic E-state index is 14.5. The molecule has 3 aromatic rings. The van der Waals surface area contributed by atoms with E-state index in [2.05, 4.69) is 20.3 Å². The average Bonchev–Trinajstić information content (AvgIpc) is 3.20. The molecule has 4 heterocycles. The van der Waals surface area contributed by atoms with E-state index < -0.39 is 17.9 Å². The van der Waals surface area contributed by atoms with Gasteiger partial charge in [0.2, 0.25) is 0 Å². The minimum atomic E-state index is -2.87. The van der Waals surface area contributed by atoms with Crippen LogP contribution in [0.5, 0.6) is 5.75 Å². The SMILES string of the molecule is COc1cnc2nc(C(F)F)nc(SCC(=O)c3ccc(C4(F)CNC4)s3)c2c1. The molecule has 0 amide bonds. The van der Waals surface area contributed by atoms with Crippen LogP contribution >= 0.6 is 23.1 Å². The van der Waals surface area contributed by atoms with Crippen molar-refractivity contribution in [2.45, 2.75) is 17.1 Å². The van der Waals surface area contributed by atoms with Crippen molar-refractivity contribution >= 4 is 39.9 Å². The van der Waals surface area contributed by atoms with Crippen molar-refractivity contribution in [3.63, 3.8) is 0 Å². The van der Waals surface area contributed by atoms with E-state index in [4.69, 9.17) is 4.74 Å². The molecule has 6 nitrogen and oxygen atoms in total. The molecule has 152 valence electrons. The summed E-state index contributed by atoms with van der Waals surface area (Å²) in [6, 6.07) is 4.80. The fraction of sp³-hybridized carbons (Fsp3) is 0.333. The second-order valence-electron chi connectivity index (χ2n) is 6.38. The minimum Gasteiger partial charge on any atom is -0.495 e. The van der Waals surface area contributed by atoms with Gasteiger partial charge in [-0.25, -0.2) is 28.1 Å². The predicted octanol–water partition coefficient (Wildman–Crippen LogP) is 3.78. The van der Waals surface area contributed by atoms with Crippen molar-refractivity contribution < 1.29 is 22.7 Å². The van der Waals surface area contributed by atoms with Crippen LogP contribution in [0.25, 0.3) is 11.0 Å². The standard InChI is InChI=1S/C18H15F3N4O2S2/c1-27-9-4-10-15(23-5-9)24-16(14(19)20)25-17(10)28-6-11(26)12-2-3-13(29-12)18(21)7-22-8-18/h2-5,14,22H,6-8H2,1H3. The number of rotatable bonds is 7. The van der Waals surface area contributed by atoms with Gasteiger partial charge < -0.3 is 10.1 Å². The van der Waals surface area contributed by atoms with Gasteiger partial charge in [0.05, 0.1) is 29.3 Å². The van der Waals surface area contributed by atoms with Gasteiger partial charge in [-0.15, -0.1) is 11.3 Å². The number of ether oxygens (including phenoxy) is 1. The number of fused-ring (bicyclic) bond motifs is 1. The van der Waals surface area contributed by atoms with Gasteiger partial charge >= 0.3 is 0 Å². The summed E-state index contributed by atoms with van der Waals surface area (Å²) < 4.78 is 45.9. The summed E-state index contributed by atoms with van der Waals surface area (Å²) in [4.78, 5) is 25.2. The summed E-state index contributed by atoms with van der Waals surface area (Å²) in [5, 5.41) is 3.51. The monoisotopic (exact) mass is 440 g/mol. The number of hydrogen-bond acceptors (Lipinski definition) is 8. The van der Waals surface area contributed by atoms with E-state index in [1.54, 1.807) is 18.2 Å². The largest absolute Gasteiger partial charge is 0.495 e. The van der Waals surface area contributed by atoms with Gasteiger partial charge in [-0.1, -0.05) is 11.8 Å². The average molecular weight is 440 g/mol. The summed E-state index contributed by atoms with van der Waals surface area (Å²) >= 11 is 2.12. The number of ketones is 1. The van der Waals surface area contributed by atoms with Crippen LogP contribution in [0.1, 0.15) is 26.8 Å². The number of thioether (sulfide) groups is 1. The number of carbonyl (C=O) groups excluding carboxylic acids is 1. The molecule has 4 rings (SSSR count). The van der Waals surface area contributed by atoms with Gasteiger partial charge in [0.25, 0.3) is 6.43 Å². The zero-order chi connectivity index (χ0) is 20.6. The van der Waals surface area contributed by atoms with Gasteiger partial charge in [0, 0.05) is 18.0 Å². The number of halogens is 3. The van der Waals surface area contributed by atoms with E-state index in [9.17, 15) is 18.0 Å². The summed E-state index contributed by atoms with van der Waals surface area (Å²) in [5.74, 6) is -0.503. The maximum Gasteiger partial charge on any atom is 0.297 e. The highest BCUT2D eigenvalue weighted by atomic mass is 32.2. The molecular weight excluding hydrogens is 425 g/mol. The lowest BCUT2D eigenvalue weighted by atomic mass is 9.98. The van der Waals surface area contributed by atoms with Gasteiger partial charge in [-0.3, -0.25) is 4.79 Å². The van der Waals surface area contributed by atoms with E-state index in [0.29, 0.717) is 20.9 Å². The first-order valence-corrected chi connectivity index (χ1v) is 10.4. The van der Waals surface area contributed by atoms with Gasteiger partial charge in [0.15, 0.2) is 22.9 Å². The number of pyridine rings is 1. The molecule has 0 unspecified atom stereocenters. The molecule has 0 radical (unpaired) electrons. The minimum absolute atomic E-state index is 0.0382. The number of aromatic nitrogens is 3. The Morgan fingerprint density at radius 2 is 2.17 bits per heavy atom. The first-order valence-electron chi connectivity index (χ1n) is 8.55. The molecule has 1 saturated heterocycles. The molecule has 11 heteroatoms. The number of nitrogens with one attached hydrogen (secondary N) is 1. The molecule has 29 heavy (non-hydrogen) atoms. The Kier molecular flexibility index (Phi) is 5.45. The van der Waals surface area contributed by atoms with Crippen molar-refractivity contribution in [2.24, 2.45) is 0 Å². The van der Waals surface area contributed by atoms with E-state index in [0.717, 1.165) is 23.1 Å². The zero-order valence-corrected chi connectivity index (χ0v) is 16.7. The predicted molar refractivity (Wildman–Crippen MR) is 104 cm³/mol. The van der Waals surface area contributed by atoms with Gasteiger partial charge in [-0.05, 0) is 18.2 Å². The van der Waals surface area contributed by atoms with E-state index in [1.807, 2.05) is 0 Å². The van der Waals surface area contributed by atoms with Crippen LogP contribution in [-0.4, -0.2) is 46.7 Å². The van der Waals surface area contributed by atoms with Crippen LogP contribution in [0, 0.1) is 0 Å². The molecular formula is C18H15F3N4O2S2. The van der Waals surface area contributed by atoms with Crippen molar-refractivity contribution in [1.29, 1.82) is 0 Å². The van der Waals surface area contributed by atoms with E-state index in [1.165, 1.54) is 13.3 Å². The number of nitrogens with zero attached hydrogens (tertiary/aromatic N) is 3. The fourth-order valence-electron chi connectivity index (χ4n) is 2.75. The molecule has 1 fully saturated rings. The summed E-state index contributed by atoms with van der Waals surface area (Å²) in [7, 11) is 1.46. The van der Waals surface area contributed by atoms with Crippen molar-refractivity contribution in [3.8, 4) is 5.75 Å². The Hall–Kier alpha value is -2.24. The number of Topliss-reactive ketones (excluding diaryl/α,β-unsaturated/α-hetero) is 1. The summed E-state index contributed by atoms with van der Waals surface area (Å²) in [6.45, 7) is 0.460. The Bertz CT molecular complexity index is 1070. The first-order chi connectivity index (χ1) is 13.9. The topological polar surface area (TPSA) is 77.0 Å². The third-order valence-electron chi connectivity index (χ3n) is 4.41. The Balaban J connectivity index is 1.57. The van der Waals surface area contributed by atoms with E-state index >= 15 is 0 Å². The quantitative estimate of drug-likeness (QED) is 0.340. The molecule has 0 atom stereocenters. The number of alkyl halides is 3. The third kappa shape index (κ3) is 3.94. The Morgan fingerprint density at radius 1 is 1.38 bits per heavy atom. The highest BCUT2D eigenvalue weighted by molar-refractivity contribution is 8.00. The first kappa shape index (κ1) is 20.0. The van der Waals surface area contributed by atoms with Gasteiger partial charge in [0.1, 0.15) is 10.8 Å². The molecule has 0 bridgehead atoms. The number of methoxy groups -OCH3 is 1. The van der Waals surface area contributed by atoms with Crippen LogP contribution in [0.2, 0.25) is 0 Å². The zero-order valence-electron chi connectivity index (χ0n) is 15.1. The number of carbonyl (C=O) groups is 1. The lowest BCUT2D eigenvalue weighted by Crippen LogP contribution is -2.53. The highest BCUT2D eigenvalue weighted by Crippen LogP contribution is 2.36. The van der Waals surface area contributed by atoms with Crippen LogP contribution in [0.15, 0.2) is 29.4 Å². The Labute approximate surface area is 171 Å². The highest BCUT2D eigenvalue weighted by Gasteiger charge is 2.40. The second kappa shape index (κ2) is 7.88. The maximum atomic E-state index is 14.5.